The van der Waals surface area contributed by atoms with Gasteiger partial charge in [-0.25, -0.2) is 0 Å². The Labute approximate surface area is 247 Å². The molecule has 0 amide bonds. The molecule has 0 N–H and O–H groups in total. The molecule has 0 radical (unpaired) electrons. The summed E-state index contributed by atoms with van der Waals surface area (Å²) in [6.07, 6.45) is 2.47. The normalized spacial score (nSPS) is 16.8. The average molecular weight is 647 g/mol. The third-order valence-electron chi connectivity index (χ3n) is 8.71. The van der Waals surface area contributed by atoms with E-state index < -0.39 is 27.4 Å². The fraction of sp³-hybridized carbons (Fsp3) is 0.257. The Morgan fingerprint density at radius 3 is 2.15 bits per heavy atom. The first-order valence-electron chi connectivity index (χ1n) is 14.0. The molecule has 1 unspecified atom stereocenters. The van der Waals surface area contributed by atoms with Gasteiger partial charge in [-0.05, 0) is 0 Å². The Hall–Kier alpha value is -1.70. The molecule has 39 heavy (non-hydrogen) atoms. The molecule has 2 aliphatic rings. The summed E-state index contributed by atoms with van der Waals surface area (Å²) < 4.78 is 1.37. The van der Waals surface area contributed by atoms with Crippen molar-refractivity contribution < 1.29 is 17.9 Å². The molecule has 1 atom stereocenters. The molecule has 198 valence electrons. The maximum atomic E-state index is 7.91. The van der Waals surface area contributed by atoms with Crippen LogP contribution in [0, 0.1) is 12.3 Å². The van der Waals surface area contributed by atoms with Crippen LogP contribution in [0.4, 0.5) is 0 Å². The summed E-state index contributed by atoms with van der Waals surface area (Å²) in [6.45, 7) is 13.8. The Morgan fingerprint density at radius 2 is 1.46 bits per heavy atom. The van der Waals surface area contributed by atoms with Crippen LogP contribution in [0.1, 0.15) is 66.4 Å². The van der Waals surface area contributed by atoms with Crippen LogP contribution < -0.4 is 13.6 Å². The van der Waals surface area contributed by atoms with Crippen molar-refractivity contribution in [2.75, 3.05) is 0 Å². The molecule has 1 aliphatic carbocycles. The van der Waals surface area contributed by atoms with Gasteiger partial charge in [0.2, 0.25) is 0 Å². The van der Waals surface area contributed by atoms with Crippen molar-refractivity contribution in [2.45, 2.75) is 51.1 Å². The van der Waals surface area contributed by atoms with Gasteiger partial charge < -0.3 is 0 Å². The SMILES string of the molecule is Cc1ccccc1-c1c(C(C)C)ccc2c1C=C(C(C)(C)C)[CH]2[Zr]([Cl])([Cl])[c]1cccc2c1[SiH2]c1ccccc1-2. The first-order chi connectivity index (χ1) is 18.5. The van der Waals surface area contributed by atoms with Crippen molar-refractivity contribution in [3.05, 3.63) is 107 Å². The fourth-order valence-electron chi connectivity index (χ4n) is 6.77. The first-order valence-corrected chi connectivity index (χ1v) is 24.4. The number of hydrogen-bond donors (Lipinski definition) is 0. The molecule has 6 rings (SSSR count). The second-order valence-corrected chi connectivity index (χ2v) is 28.4. The van der Waals surface area contributed by atoms with E-state index in [1.165, 1.54) is 63.7 Å². The van der Waals surface area contributed by atoms with Crippen LogP contribution in [-0.4, -0.2) is 9.52 Å². The van der Waals surface area contributed by atoms with E-state index in [0.717, 1.165) is 0 Å². The van der Waals surface area contributed by atoms with Crippen LogP contribution in [0.5, 0.6) is 0 Å². The summed E-state index contributed by atoms with van der Waals surface area (Å²) in [5.74, 6) is 0.414. The minimum absolute atomic E-state index is 0.0466. The predicted molar refractivity (Wildman–Crippen MR) is 172 cm³/mol. The van der Waals surface area contributed by atoms with Gasteiger partial charge in [-0.2, -0.15) is 0 Å². The van der Waals surface area contributed by atoms with Gasteiger partial charge in [0.25, 0.3) is 0 Å². The molecule has 0 spiro atoms. The first kappa shape index (κ1) is 27.5. The van der Waals surface area contributed by atoms with Gasteiger partial charge in [0, 0.05) is 0 Å². The number of allylic oxidation sites excluding steroid dienone is 1. The second-order valence-electron chi connectivity index (χ2n) is 12.6. The molecule has 0 nitrogen and oxygen atoms in total. The van der Waals surface area contributed by atoms with Crippen molar-refractivity contribution in [1.29, 1.82) is 0 Å². The Bertz CT molecular complexity index is 1640. The molecule has 4 heteroatoms. The summed E-state index contributed by atoms with van der Waals surface area (Å²) in [7, 11) is 15.2. The number of benzene rings is 4. The standard InChI is InChI=1S/C23H27.C12H9Si.2ClH.Zr/c1-15(2)19-12-11-17-13-18(23(4,5)6)14-21(17)22(19)20-10-8-7-9-16(20)3;1-3-7-11-9(5-1)10-6-2-4-8-12(10)13-11;;;/h7-15H,1-6H3;1-7H,13H2;2*1H;/q;;;;+2/p-2. The van der Waals surface area contributed by atoms with Gasteiger partial charge in [0.15, 0.2) is 0 Å². The van der Waals surface area contributed by atoms with Crippen molar-refractivity contribution in [3.8, 4) is 22.3 Å². The van der Waals surface area contributed by atoms with Crippen LogP contribution in [0.15, 0.2) is 84.4 Å². The molecule has 4 aromatic rings. The van der Waals surface area contributed by atoms with Gasteiger partial charge in [0.1, 0.15) is 0 Å². The molecule has 0 saturated carbocycles. The van der Waals surface area contributed by atoms with Gasteiger partial charge >= 0.3 is 250 Å². The summed E-state index contributed by atoms with van der Waals surface area (Å²) in [4.78, 5) is 0. The maximum absolute atomic E-state index is 7.91. The van der Waals surface area contributed by atoms with Gasteiger partial charge in [-0.15, -0.1) is 0 Å². The van der Waals surface area contributed by atoms with E-state index in [4.69, 9.17) is 17.0 Å². The second kappa shape index (κ2) is 9.99. The van der Waals surface area contributed by atoms with Crippen molar-refractivity contribution in [3.63, 3.8) is 0 Å². The molecule has 1 heterocycles. The summed E-state index contributed by atoms with van der Waals surface area (Å²) in [5, 5.41) is 3.00. The zero-order valence-electron chi connectivity index (χ0n) is 23.7. The van der Waals surface area contributed by atoms with Crippen LogP contribution >= 0.6 is 17.0 Å². The number of halogens is 2. The van der Waals surface area contributed by atoms with E-state index in [9.17, 15) is 0 Å². The quantitative estimate of drug-likeness (QED) is 0.173. The summed E-state index contributed by atoms with van der Waals surface area (Å²) >= 11 is -4.03. The van der Waals surface area contributed by atoms with Gasteiger partial charge in [-0.3, -0.25) is 0 Å². The molecule has 0 fully saturated rings. The van der Waals surface area contributed by atoms with E-state index in [2.05, 4.69) is 126 Å². The zero-order valence-corrected chi connectivity index (χ0v) is 29.1. The van der Waals surface area contributed by atoms with Gasteiger partial charge in [-0.1, -0.05) is 0 Å². The summed E-state index contributed by atoms with van der Waals surface area (Å²) in [6, 6.07) is 29.1. The van der Waals surface area contributed by atoms with Crippen molar-refractivity contribution >= 4 is 46.3 Å². The van der Waals surface area contributed by atoms with E-state index in [0.29, 0.717) is 5.92 Å². The van der Waals surface area contributed by atoms with Crippen molar-refractivity contribution in [2.24, 2.45) is 5.41 Å². The molecule has 0 aromatic heterocycles. The molecular weight excluding hydrogens is 611 g/mol. The Balaban J connectivity index is 1.59. The predicted octanol–water partition coefficient (Wildman–Crippen LogP) is 8.16. The third kappa shape index (κ3) is 4.51. The third-order valence-corrected chi connectivity index (χ3v) is 22.9. The molecule has 0 bridgehead atoms. The average Bonchev–Trinajstić information content (AvgIpc) is 3.48. The molecular formula is C35H36Cl2SiZr. The topological polar surface area (TPSA) is 0 Å². The van der Waals surface area contributed by atoms with Crippen LogP contribution in [-0.2, 0) is 17.9 Å². The monoisotopic (exact) mass is 644 g/mol. The number of fused-ring (bicyclic) bond motifs is 4. The van der Waals surface area contributed by atoms with E-state index >= 15 is 0 Å². The Kier molecular flexibility index (Phi) is 7.03. The van der Waals surface area contributed by atoms with E-state index in [1.807, 2.05) is 0 Å². The van der Waals surface area contributed by atoms with Crippen LogP contribution in [0.25, 0.3) is 28.3 Å². The molecule has 1 aliphatic heterocycles. The number of aryl methyl sites for hydroxylation is 1. The van der Waals surface area contributed by atoms with Crippen molar-refractivity contribution in [1.82, 2.24) is 0 Å². The minimum atomic E-state index is -4.03. The Morgan fingerprint density at radius 1 is 0.795 bits per heavy atom. The van der Waals surface area contributed by atoms with E-state index in [-0.39, 0.29) is 9.04 Å². The fourth-order valence-corrected chi connectivity index (χ4v) is 23.9. The zero-order chi connectivity index (χ0) is 27.7. The number of hydrogen-bond acceptors (Lipinski definition) is 0. The van der Waals surface area contributed by atoms with Crippen LogP contribution in [0.3, 0.4) is 0 Å². The van der Waals surface area contributed by atoms with Crippen LogP contribution in [0.2, 0.25) is 0 Å². The molecule has 0 saturated heterocycles. The van der Waals surface area contributed by atoms with Gasteiger partial charge in [0.05, 0.1) is 0 Å². The van der Waals surface area contributed by atoms with E-state index in [1.54, 1.807) is 0 Å². The summed E-state index contributed by atoms with van der Waals surface area (Å²) in [5.41, 5.74) is 12.1. The number of rotatable bonds is 4. The molecule has 4 aromatic carbocycles.